The van der Waals surface area contributed by atoms with Gasteiger partial charge in [0.25, 0.3) is 0 Å². The maximum atomic E-state index is 13.2. The molecule has 7 unspecified atom stereocenters. The summed E-state index contributed by atoms with van der Waals surface area (Å²) in [5.41, 5.74) is 0. The van der Waals surface area contributed by atoms with Gasteiger partial charge in [-0.05, 0) is 19.3 Å². The summed E-state index contributed by atoms with van der Waals surface area (Å²) in [6.07, 6.45) is 89.6. The summed E-state index contributed by atoms with van der Waals surface area (Å²) >= 11 is 0. The normalized spacial score (nSPS) is 17.6. The summed E-state index contributed by atoms with van der Waals surface area (Å²) in [5, 5.41) is 55.0. The van der Waals surface area contributed by atoms with Crippen molar-refractivity contribution in [3.05, 3.63) is 12.2 Å². The molecule has 1 saturated heterocycles. The molecule has 0 aromatic carbocycles. The number of aliphatic hydroxyl groups excluding tert-OH is 5. The highest BCUT2D eigenvalue weighted by Gasteiger charge is 2.44. The van der Waals surface area contributed by atoms with Crippen molar-refractivity contribution in [1.29, 1.82) is 0 Å². The molecule has 0 aliphatic carbocycles. The first-order valence-corrected chi connectivity index (χ1v) is 41.9. The summed E-state index contributed by atoms with van der Waals surface area (Å²) in [5.74, 6) is -0.165. The topological polar surface area (TPSA) is 149 Å². The van der Waals surface area contributed by atoms with Crippen LogP contribution in [0, 0.1) is 0 Å². The van der Waals surface area contributed by atoms with Crippen molar-refractivity contribution in [3.8, 4) is 0 Å². The van der Waals surface area contributed by atoms with Crippen LogP contribution < -0.4 is 5.32 Å². The number of aliphatic hydroxyl groups is 5. The van der Waals surface area contributed by atoms with Gasteiger partial charge >= 0.3 is 0 Å². The van der Waals surface area contributed by atoms with Gasteiger partial charge in [-0.3, -0.25) is 4.79 Å². The van der Waals surface area contributed by atoms with Crippen LogP contribution in [0.5, 0.6) is 0 Å². The first-order valence-electron chi connectivity index (χ1n) is 41.9. The van der Waals surface area contributed by atoms with Crippen LogP contribution in [0.15, 0.2) is 12.2 Å². The molecule has 1 aliphatic rings. The quantitative estimate of drug-likeness (QED) is 0.0261. The van der Waals surface area contributed by atoms with Gasteiger partial charge in [0, 0.05) is 6.42 Å². The van der Waals surface area contributed by atoms with Crippen LogP contribution in [0.4, 0.5) is 0 Å². The highest BCUT2D eigenvalue weighted by Crippen LogP contribution is 2.24. The van der Waals surface area contributed by atoms with Gasteiger partial charge in [0.1, 0.15) is 24.4 Å². The lowest BCUT2D eigenvalue weighted by atomic mass is 9.99. The van der Waals surface area contributed by atoms with Crippen molar-refractivity contribution in [2.24, 2.45) is 0 Å². The number of amides is 1. The molecular formula is C83H163NO8. The molecule has 7 atom stereocenters. The zero-order chi connectivity index (χ0) is 66.4. The standard InChI is InChI=1S/C83H163NO8/c1-3-5-7-9-11-13-15-17-19-21-23-25-27-29-31-33-35-36-37-38-39-40-41-43-45-47-49-51-53-55-57-59-61-63-65-67-69-71-73-79(87)84-76(75-91-83-82(90)81(89)80(88)78(74-85)92-83)77(86)72-70-68-66-64-62-60-58-56-54-52-50-48-46-44-42-34-32-30-28-26-24-22-20-18-16-14-12-10-8-6-4-2/h70,72,76-78,80-83,85-86,88-90H,3-69,71,73-75H2,1-2H3,(H,84,87)/b72-70+. The molecule has 1 rings (SSSR count). The van der Waals surface area contributed by atoms with Crippen LogP contribution in [0.2, 0.25) is 0 Å². The summed E-state index contributed by atoms with van der Waals surface area (Å²) in [7, 11) is 0. The first-order chi connectivity index (χ1) is 45.3. The number of hydrogen-bond acceptors (Lipinski definition) is 8. The molecule has 548 valence electrons. The maximum absolute atomic E-state index is 13.2. The van der Waals surface area contributed by atoms with Crippen molar-refractivity contribution in [3.63, 3.8) is 0 Å². The molecule has 0 saturated carbocycles. The SMILES string of the molecule is CCCCCCCCCCCCCCCCCCCCCCCCCCCCCCC/C=C/C(O)C(COC1OC(CO)C(O)C(O)C1O)NC(=O)CCCCCCCCCCCCCCCCCCCCCCCCCCCCCCCCCCCCCCCC. The fourth-order valence-corrected chi connectivity index (χ4v) is 14.1. The summed E-state index contributed by atoms with van der Waals surface area (Å²) in [4.78, 5) is 13.2. The van der Waals surface area contributed by atoms with E-state index < -0.39 is 49.5 Å². The Hall–Kier alpha value is -1.07. The number of allylic oxidation sites excluding steroid dienone is 1. The first kappa shape index (κ1) is 88.9. The molecule has 1 heterocycles. The molecule has 9 nitrogen and oxygen atoms in total. The van der Waals surface area contributed by atoms with E-state index >= 15 is 0 Å². The number of carbonyl (C=O) groups excluding carboxylic acids is 1. The van der Waals surface area contributed by atoms with Gasteiger partial charge in [-0.15, -0.1) is 0 Å². The Morgan fingerprint density at radius 3 is 0.848 bits per heavy atom. The van der Waals surface area contributed by atoms with E-state index in [4.69, 9.17) is 9.47 Å². The number of carbonyl (C=O) groups is 1. The number of rotatable bonds is 76. The number of unbranched alkanes of at least 4 members (excludes halogenated alkanes) is 66. The van der Waals surface area contributed by atoms with Crippen molar-refractivity contribution in [2.75, 3.05) is 13.2 Å². The lowest BCUT2D eigenvalue weighted by molar-refractivity contribution is -0.302. The molecule has 0 aromatic rings. The largest absolute Gasteiger partial charge is 0.394 e. The molecule has 0 radical (unpaired) electrons. The van der Waals surface area contributed by atoms with E-state index in [2.05, 4.69) is 19.2 Å². The smallest absolute Gasteiger partial charge is 0.220 e. The Labute approximate surface area is 573 Å². The predicted octanol–water partition coefficient (Wildman–Crippen LogP) is 24.2. The fourth-order valence-electron chi connectivity index (χ4n) is 14.1. The summed E-state index contributed by atoms with van der Waals surface area (Å²) < 4.78 is 11.4. The third-order valence-electron chi connectivity index (χ3n) is 20.6. The monoisotopic (exact) mass is 1300 g/mol. The van der Waals surface area contributed by atoms with E-state index in [1.54, 1.807) is 6.08 Å². The van der Waals surface area contributed by atoms with Gasteiger partial charge in [0.2, 0.25) is 5.91 Å². The highest BCUT2D eigenvalue weighted by molar-refractivity contribution is 5.76. The highest BCUT2D eigenvalue weighted by atomic mass is 16.7. The van der Waals surface area contributed by atoms with Gasteiger partial charge in [0.15, 0.2) is 6.29 Å². The molecule has 1 fully saturated rings. The Balaban J connectivity index is 2.03. The zero-order valence-corrected chi connectivity index (χ0v) is 61.9. The van der Waals surface area contributed by atoms with E-state index in [0.29, 0.717) is 6.42 Å². The van der Waals surface area contributed by atoms with Crippen LogP contribution in [-0.4, -0.2) is 87.5 Å². The van der Waals surface area contributed by atoms with Gasteiger partial charge in [-0.1, -0.05) is 443 Å². The second-order valence-electron chi connectivity index (χ2n) is 29.6. The van der Waals surface area contributed by atoms with E-state index in [-0.39, 0.29) is 12.5 Å². The fraction of sp³-hybridized carbons (Fsp3) is 0.964. The number of ether oxygens (including phenoxy) is 2. The minimum absolute atomic E-state index is 0.165. The summed E-state index contributed by atoms with van der Waals surface area (Å²) in [6, 6.07) is -0.803. The van der Waals surface area contributed by atoms with Gasteiger partial charge in [0.05, 0.1) is 25.4 Å². The molecule has 1 aliphatic heterocycles. The Kier molecular flexibility index (Phi) is 70.3. The van der Waals surface area contributed by atoms with Gasteiger partial charge in [-0.2, -0.15) is 0 Å². The summed E-state index contributed by atoms with van der Waals surface area (Å²) in [6.45, 7) is 3.86. The van der Waals surface area contributed by atoms with E-state index in [9.17, 15) is 30.3 Å². The van der Waals surface area contributed by atoms with E-state index in [1.165, 1.54) is 398 Å². The van der Waals surface area contributed by atoms with Crippen molar-refractivity contribution in [2.45, 2.75) is 500 Å². The Bertz CT molecular complexity index is 1460. The molecule has 6 N–H and O–H groups in total. The Morgan fingerprint density at radius 1 is 0.359 bits per heavy atom. The Morgan fingerprint density at radius 2 is 0.598 bits per heavy atom. The van der Waals surface area contributed by atoms with Crippen molar-refractivity contribution >= 4 is 5.91 Å². The van der Waals surface area contributed by atoms with Crippen LogP contribution in [0.3, 0.4) is 0 Å². The van der Waals surface area contributed by atoms with Crippen LogP contribution >= 0.6 is 0 Å². The minimum Gasteiger partial charge on any atom is -0.394 e. The molecule has 9 heteroatoms. The lowest BCUT2D eigenvalue weighted by Crippen LogP contribution is -2.60. The number of hydrogen-bond donors (Lipinski definition) is 6. The second-order valence-corrected chi connectivity index (χ2v) is 29.6. The van der Waals surface area contributed by atoms with Crippen LogP contribution in [0.25, 0.3) is 0 Å². The van der Waals surface area contributed by atoms with Crippen molar-refractivity contribution in [1.82, 2.24) is 5.32 Å². The lowest BCUT2D eigenvalue weighted by Gasteiger charge is -2.40. The predicted molar refractivity (Wildman–Crippen MR) is 397 cm³/mol. The molecule has 92 heavy (non-hydrogen) atoms. The third-order valence-corrected chi connectivity index (χ3v) is 20.6. The second kappa shape index (κ2) is 72.7. The molecule has 0 aromatic heterocycles. The van der Waals surface area contributed by atoms with Crippen LogP contribution in [-0.2, 0) is 14.3 Å². The maximum Gasteiger partial charge on any atom is 0.220 e. The average Bonchev–Trinajstić information content (AvgIpc) is 1.05. The zero-order valence-electron chi connectivity index (χ0n) is 61.9. The van der Waals surface area contributed by atoms with Gasteiger partial charge in [-0.25, -0.2) is 0 Å². The third kappa shape index (κ3) is 60.1. The van der Waals surface area contributed by atoms with E-state index in [1.807, 2.05) is 6.08 Å². The number of nitrogens with one attached hydrogen (secondary N) is 1. The van der Waals surface area contributed by atoms with Crippen LogP contribution in [0.1, 0.15) is 457 Å². The van der Waals surface area contributed by atoms with E-state index in [0.717, 1.165) is 38.5 Å². The minimum atomic E-state index is -1.57. The van der Waals surface area contributed by atoms with Crippen molar-refractivity contribution < 1.29 is 39.8 Å². The average molecular weight is 1300 g/mol. The molecule has 1 amide bonds. The molecular weight excluding hydrogens is 1140 g/mol. The van der Waals surface area contributed by atoms with Gasteiger partial charge < -0.3 is 40.3 Å². The molecule has 0 spiro atoms. The molecule has 0 bridgehead atoms.